The summed E-state index contributed by atoms with van der Waals surface area (Å²) in [6.07, 6.45) is 6.15. The van der Waals surface area contributed by atoms with Gasteiger partial charge >= 0.3 is 6.09 Å². The molecule has 2 fully saturated rings. The molecule has 1 amide bonds. The Morgan fingerprint density at radius 1 is 1.32 bits per heavy atom. The van der Waals surface area contributed by atoms with Crippen LogP contribution in [0.25, 0.3) is 0 Å². The molecular weight excluding hydrogens is 306 g/mol. The van der Waals surface area contributed by atoms with Crippen LogP contribution in [0.4, 0.5) is 4.79 Å². The van der Waals surface area contributed by atoms with Gasteiger partial charge in [0.15, 0.2) is 0 Å². The Balaban J connectivity index is 1.88. The Labute approximate surface area is 125 Å². The highest BCUT2D eigenvalue weighted by Gasteiger charge is 2.43. The van der Waals surface area contributed by atoms with Crippen molar-refractivity contribution in [2.45, 2.75) is 58.5 Å². The molecule has 19 heavy (non-hydrogen) atoms. The van der Waals surface area contributed by atoms with Gasteiger partial charge in [-0.05, 0) is 64.2 Å². The molecule has 0 atom stereocenters. The van der Waals surface area contributed by atoms with Crippen LogP contribution in [-0.4, -0.2) is 35.0 Å². The quantitative estimate of drug-likeness (QED) is 0.674. The molecule has 1 heterocycles. The molecule has 0 unspecified atom stereocenters. The lowest BCUT2D eigenvalue weighted by Gasteiger charge is -2.36. The molecule has 0 N–H and O–H groups in total. The van der Waals surface area contributed by atoms with E-state index in [-0.39, 0.29) is 11.7 Å². The third-order valence-corrected chi connectivity index (χ3v) is 5.39. The zero-order valence-corrected chi connectivity index (χ0v) is 14.0. The van der Waals surface area contributed by atoms with Crippen LogP contribution in [0.5, 0.6) is 0 Å². The third kappa shape index (κ3) is 3.87. The highest BCUT2D eigenvalue weighted by Crippen LogP contribution is 2.46. The van der Waals surface area contributed by atoms with Gasteiger partial charge in [0, 0.05) is 18.4 Å². The fraction of sp³-hybridized carbons (Fsp3) is 0.933. The van der Waals surface area contributed by atoms with Crippen molar-refractivity contribution in [3.63, 3.8) is 0 Å². The lowest BCUT2D eigenvalue weighted by atomic mass is 9.70. The Morgan fingerprint density at radius 2 is 1.95 bits per heavy atom. The maximum Gasteiger partial charge on any atom is 0.410 e. The molecule has 2 aliphatic rings. The first kappa shape index (κ1) is 15.1. The molecule has 110 valence electrons. The maximum atomic E-state index is 12.1. The molecule has 3 nitrogen and oxygen atoms in total. The fourth-order valence-corrected chi connectivity index (χ4v) is 3.92. The number of amides is 1. The van der Waals surface area contributed by atoms with E-state index in [1.54, 1.807) is 0 Å². The molecule has 0 aromatic rings. The van der Waals surface area contributed by atoms with Gasteiger partial charge in [-0.2, -0.15) is 0 Å². The van der Waals surface area contributed by atoms with E-state index in [4.69, 9.17) is 4.74 Å². The Morgan fingerprint density at radius 3 is 2.47 bits per heavy atom. The zero-order valence-electron chi connectivity index (χ0n) is 12.4. The number of rotatable bonds is 1. The number of carbonyl (C=O) groups excluding carboxylic acids is 1. The van der Waals surface area contributed by atoms with E-state index < -0.39 is 0 Å². The minimum atomic E-state index is -0.388. The molecule has 0 radical (unpaired) electrons. The smallest absolute Gasteiger partial charge is 0.410 e. The Bertz CT molecular complexity index is 330. The molecule has 1 spiro atoms. The second-order valence-corrected chi connectivity index (χ2v) is 7.90. The standard InChI is InChI=1S/C15H26BrNO2/c1-14(2,3)19-13(18)17-9-8-15(11-17)6-4-12(10-16)5-7-15/h12H,4-11H2,1-3H3. The molecular formula is C15H26BrNO2. The summed E-state index contributed by atoms with van der Waals surface area (Å²) in [6, 6.07) is 0. The van der Waals surface area contributed by atoms with E-state index in [2.05, 4.69) is 15.9 Å². The largest absolute Gasteiger partial charge is 0.444 e. The van der Waals surface area contributed by atoms with Crippen molar-refractivity contribution >= 4 is 22.0 Å². The summed E-state index contributed by atoms with van der Waals surface area (Å²) in [7, 11) is 0. The third-order valence-electron chi connectivity index (χ3n) is 4.47. The van der Waals surface area contributed by atoms with Crippen molar-refractivity contribution in [2.75, 3.05) is 18.4 Å². The lowest BCUT2D eigenvalue weighted by Crippen LogP contribution is -2.38. The summed E-state index contributed by atoms with van der Waals surface area (Å²) < 4.78 is 5.48. The summed E-state index contributed by atoms with van der Waals surface area (Å²) in [5.41, 5.74) is -0.00393. The monoisotopic (exact) mass is 331 g/mol. The minimum Gasteiger partial charge on any atom is -0.444 e. The van der Waals surface area contributed by atoms with Gasteiger partial charge < -0.3 is 9.64 Å². The number of carbonyl (C=O) groups is 1. The van der Waals surface area contributed by atoms with Crippen molar-refractivity contribution in [1.82, 2.24) is 4.90 Å². The number of ether oxygens (including phenoxy) is 1. The van der Waals surface area contributed by atoms with Crippen molar-refractivity contribution in [2.24, 2.45) is 11.3 Å². The number of halogens is 1. The van der Waals surface area contributed by atoms with Crippen molar-refractivity contribution < 1.29 is 9.53 Å². The first-order valence-corrected chi connectivity index (χ1v) is 8.50. The summed E-state index contributed by atoms with van der Waals surface area (Å²) in [4.78, 5) is 14.0. The van der Waals surface area contributed by atoms with Crippen LogP contribution >= 0.6 is 15.9 Å². The molecule has 1 aliphatic heterocycles. The summed E-state index contributed by atoms with van der Waals surface area (Å²) in [5, 5.41) is 1.12. The summed E-state index contributed by atoms with van der Waals surface area (Å²) in [6.45, 7) is 7.55. The number of likely N-dealkylation sites (tertiary alicyclic amines) is 1. The van der Waals surface area contributed by atoms with Crippen LogP contribution in [0.3, 0.4) is 0 Å². The SMILES string of the molecule is CC(C)(C)OC(=O)N1CCC2(CCC(CBr)CC2)C1. The van der Waals surface area contributed by atoms with Gasteiger partial charge in [-0.3, -0.25) is 0 Å². The Kier molecular flexibility index (Phi) is 4.49. The molecule has 4 heteroatoms. The second kappa shape index (κ2) is 5.63. The van der Waals surface area contributed by atoms with Crippen LogP contribution in [0.2, 0.25) is 0 Å². The van der Waals surface area contributed by atoms with E-state index in [0.29, 0.717) is 5.41 Å². The van der Waals surface area contributed by atoms with Crippen LogP contribution < -0.4 is 0 Å². The normalized spacial score (nSPS) is 31.8. The average molecular weight is 332 g/mol. The maximum absolute atomic E-state index is 12.1. The highest BCUT2D eigenvalue weighted by atomic mass is 79.9. The van der Waals surface area contributed by atoms with E-state index in [1.807, 2.05) is 25.7 Å². The Hall–Kier alpha value is -0.250. The molecule has 2 rings (SSSR count). The molecule has 0 bridgehead atoms. The van der Waals surface area contributed by atoms with Crippen LogP contribution in [0.1, 0.15) is 52.9 Å². The number of hydrogen-bond acceptors (Lipinski definition) is 2. The van der Waals surface area contributed by atoms with Crippen molar-refractivity contribution in [3.8, 4) is 0 Å². The van der Waals surface area contributed by atoms with Gasteiger partial charge in [-0.15, -0.1) is 0 Å². The average Bonchev–Trinajstić information content (AvgIpc) is 2.73. The predicted molar refractivity (Wildman–Crippen MR) is 80.6 cm³/mol. The minimum absolute atomic E-state index is 0.132. The molecule has 1 saturated heterocycles. The van der Waals surface area contributed by atoms with Gasteiger partial charge in [-0.1, -0.05) is 15.9 Å². The van der Waals surface area contributed by atoms with Gasteiger partial charge in [0.05, 0.1) is 0 Å². The molecule has 1 aliphatic carbocycles. The first-order chi connectivity index (χ1) is 8.84. The molecule has 0 aromatic carbocycles. The van der Waals surface area contributed by atoms with Gasteiger partial charge in [-0.25, -0.2) is 4.79 Å². The highest BCUT2D eigenvalue weighted by molar-refractivity contribution is 9.09. The van der Waals surface area contributed by atoms with E-state index in [1.165, 1.54) is 25.7 Å². The van der Waals surface area contributed by atoms with Gasteiger partial charge in [0.1, 0.15) is 5.60 Å². The van der Waals surface area contributed by atoms with Gasteiger partial charge in [0.25, 0.3) is 0 Å². The lowest BCUT2D eigenvalue weighted by molar-refractivity contribution is 0.0258. The topological polar surface area (TPSA) is 29.5 Å². The van der Waals surface area contributed by atoms with Crippen molar-refractivity contribution in [3.05, 3.63) is 0 Å². The first-order valence-electron chi connectivity index (χ1n) is 7.37. The summed E-state index contributed by atoms with van der Waals surface area (Å²) >= 11 is 3.59. The zero-order chi connectivity index (χ0) is 14.1. The fourth-order valence-electron chi connectivity index (χ4n) is 3.27. The second-order valence-electron chi connectivity index (χ2n) is 7.25. The number of alkyl halides is 1. The number of nitrogens with zero attached hydrogens (tertiary/aromatic N) is 1. The van der Waals surface area contributed by atoms with E-state index in [0.717, 1.165) is 30.8 Å². The molecule has 0 aromatic heterocycles. The van der Waals surface area contributed by atoms with Crippen molar-refractivity contribution in [1.29, 1.82) is 0 Å². The predicted octanol–water partition coefficient (Wildman–Crippen LogP) is 4.20. The van der Waals surface area contributed by atoms with Crippen LogP contribution in [-0.2, 0) is 4.74 Å². The number of hydrogen-bond donors (Lipinski definition) is 0. The van der Waals surface area contributed by atoms with E-state index >= 15 is 0 Å². The van der Waals surface area contributed by atoms with E-state index in [9.17, 15) is 4.79 Å². The summed E-state index contributed by atoms with van der Waals surface area (Å²) in [5.74, 6) is 0.834. The van der Waals surface area contributed by atoms with Gasteiger partial charge in [0.2, 0.25) is 0 Å². The van der Waals surface area contributed by atoms with Crippen LogP contribution in [0.15, 0.2) is 0 Å². The van der Waals surface area contributed by atoms with Crippen LogP contribution in [0, 0.1) is 11.3 Å². The molecule has 1 saturated carbocycles.